The van der Waals surface area contributed by atoms with Gasteiger partial charge in [0.2, 0.25) is 0 Å². The smallest absolute Gasteiger partial charge is 0.337 e. The van der Waals surface area contributed by atoms with Crippen LogP contribution in [-0.4, -0.2) is 35.1 Å². The van der Waals surface area contributed by atoms with Crippen LogP contribution in [0.15, 0.2) is 18.2 Å². The molecular formula is C15H19FN2O3. The number of hydrogen-bond donors (Lipinski definition) is 2. The maximum absolute atomic E-state index is 13.8. The molecule has 21 heavy (non-hydrogen) atoms. The zero-order valence-corrected chi connectivity index (χ0v) is 11.9. The lowest BCUT2D eigenvalue weighted by Gasteiger charge is -2.31. The Bertz CT molecular complexity index is 540. The third-order valence-electron chi connectivity index (χ3n) is 3.96. The fraction of sp³-hybridized carbons (Fsp3) is 0.467. The van der Waals surface area contributed by atoms with E-state index in [9.17, 15) is 14.0 Å². The number of para-hydroxylation sites is 1. The lowest BCUT2D eigenvalue weighted by Crippen LogP contribution is -2.41. The third kappa shape index (κ3) is 3.51. The van der Waals surface area contributed by atoms with Gasteiger partial charge in [-0.05, 0) is 30.9 Å². The zero-order chi connectivity index (χ0) is 15.4. The summed E-state index contributed by atoms with van der Waals surface area (Å²) < 4.78 is 13.8. The summed E-state index contributed by atoms with van der Waals surface area (Å²) in [6, 6.07) is 3.26. The number of nitrogens with one attached hydrogen (secondary N) is 1. The van der Waals surface area contributed by atoms with Crippen molar-refractivity contribution in [2.45, 2.75) is 26.2 Å². The molecule has 0 bridgehead atoms. The van der Waals surface area contributed by atoms with Crippen molar-refractivity contribution < 1.29 is 19.1 Å². The summed E-state index contributed by atoms with van der Waals surface area (Å²) in [6.45, 7) is 3.35. The molecule has 0 aliphatic carbocycles. The highest BCUT2D eigenvalue weighted by molar-refractivity contribution is 6.00. The quantitative estimate of drug-likeness (QED) is 0.899. The number of piperidine rings is 1. The molecule has 1 heterocycles. The first kappa shape index (κ1) is 15.3. The van der Waals surface area contributed by atoms with Crippen LogP contribution in [0.1, 0.15) is 36.5 Å². The topological polar surface area (TPSA) is 69.6 Å². The van der Waals surface area contributed by atoms with Crippen molar-refractivity contribution in [2.24, 2.45) is 5.92 Å². The number of nitrogens with zero attached hydrogens (tertiary/aromatic N) is 1. The molecule has 5 nitrogen and oxygen atoms in total. The summed E-state index contributed by atoms with van der Waals surface area (Å²) in [5, 5.41) is 11.4. The zero-order valence-electron chi connectivity index (χ0n) is 11.9. The standard InChI is InChI=1S/C15H19FN2O3/c1-2-10-6-8-18(9-7-10)15(21)17-13-11(14(19)20)4-3-5-12(13)16/h3-5,10H,2,6-9H2,1H3,(H,17,21)(H,19,20). The van der Waals surface area contributed by atoms with Crippen LogP contribution in [0.4, 0.5) is 14.9 Å². The Kier molecular flexibility index (Phi) is 4.77. The van der Waals surface area contributed by atoms with Crippen molar-refractivity contribution >= 4 is 17.7 Å². The molecular weight excluding hydrogens is 275 g/mol. The van der Waals surface area contributed by atoms with Gasteiger partial charge >= 0.3 is 12.0 Å². The molecule has 0 unspecified atom stereocenters. The molecule has 2 N–H and O–H groups in total. The van der Waals surface area contributed by atoms with Gasteiger partial charge in [-0.3, -0.25) is 0 Å². The lowest BCUT2D eigenvalue weighted by molar-refractivity contribution is 0.0697. The molecule has 6 heteroatoms. The Balaban J connectivity index is 2.08. The van der Waals surface area contributed by atoms with E-state index in [1.807, 2.05) is 0 Å². The molecule has 2 amide bonds. The van der Waals surface area contributed by atoms with Crippen LogP contribution in [0.25, 0.3) is 0 Å². The largest absolute Gasteiger partial charge is 0.478 e. The monoisotopic (exact) mass is 294 g/mol. The Morgan fingerprint density at radius 3 is 2.62 bits per heavy atom. The molecule has 1 aliphatic rings. The molecule has 0 aromatic heterocycles. The number of amides is 2. The van der Waals surface area contributed by atoms with E-state index in [2.05, 4.69) is 12.2 Å². The van der Waals surface area contributed by atoms with Crippen LogP contribution >= 0.6 is 0 Å². The fourth-order valence-corrected chi connectivity index (χ4v) is 2.56. The predicted octanol–water partition coefficient (Wildman–Crippen LogP) is 3.18. The Morgan fingerprint density at radius 2 is 2.05 bits per heavy atom. The van der Waals surface area contributed by atoms with E-state index in [0.717, 1.165) is 25.3 Å². The molecule has 114 valence electrons. The number of likely N-dealkylation sites (tertiary alicyclic amines) is 1. The summed E-state index contributed by atoms with van der Waals surface area (Å²) in [6.07, 6.45) is 2.94. The van der Waals surface area contributed by atoms with Crippen molar-refractivity contribution in [3.63, 3.8) is 0 Å². The number of rotatable bonds is 3. The number of urea groups is 1. The molecule has 0 atom stereocenters. The van der Waals surface area contributed by atoms with Crippen LogP contribution in [0.3, 0.4) is 0 Å². The van der Waals surface area contributed by atoms with Gasteiger partial charge in [-0.25, -0.2) is 14.0 Å². The van der Waals surface area contributed by atoms with Crippen LogP contribution in [-0.2, 0) is 0 Å². The summed E-state index contributed by atoms with van der Waals surface area (Å²) in [5.74, 6) is -1.39. The van der Waals surface area contributed by atoms with E-state index in [1.165, 1.54) is 12.1 Å². The molecule has 0 spiro atoms. The van der Waals surface area contributed by atoms with E-state index in [4.69, 9.17) is 5.11 Å². The second kappa shape index (κ2) is 6.56. The molecule has 0 saturated carbocycles. The maximum Gasteiger partial charge on any atom is 0.337 e. The lowest BCUT2D eigenvalue weighted by atomic mass is 9.95. The van der Waals surface area contributed by atoms with Gasteiger partial charge in [0.1, 0.15) is 5.82 Å². The van der Waals surface area contributed by atoms with E-state index in [-0.39, 0.29) is 11.3 Å². The number of carboxylic acids is 1. The highest BCUT2D eigenvalue weighted by atomic mass is 19.1. The van der Waals surface area contributed by atoms with Crippen molar-refractivity contribution in [2.75, 3.05) is 18.4 Å². The van der Waals surface area contributed by atoms with Gasteiger partial charge in [0.25, 0.3) is 0 Å². The van der Waals surface area contributed by atoms with Gasteiger partial charge in [-0.15, -0.1) is 0 Å². The third-order valence-corrected chi connectivity index (χ3v) is 3.96. The molecule has 1 aromatic carbocycles. The average Bonchev–Trinajstić information content (AvgIpc) is 2.49. The molecule has 1 aromatic rings. The minimum absolute atomic E-state index is 0.244. The molecule has 1 saturated heterocycles. The van der Waals surface area contributed by atoms with Gasteiger partial charge in [0, 0.05) is 13.1 Å². The van der Waals surface area contributed by atoms with Gasteiger partial charge in [-0.1, -0.05) is 19.4 Å². The van der Waals surface area contributed by atoms with Gasteiger partial charge < -0.3 is 15.3 Å². The summed E-state index contributed by atoms with van der Waals surface area (Å²) in [7, 11) is 0. The van der Waals surface area contributed by atoms with Crippen molar-refractivity contribution in [3.05, 3.63) is 29.6 Å². The van der Waals surface area contributed by atoms with Gasteiger partial charge in [0.05, 0.1) is 11.3 Å². The second-order valence-corrected chi connectivity index (χ2v) is 5.24. The van der Waals surface area contributed by atoms with E-state index < -0.39 is 17.8 Å². The van der Waals surface area contributed by atoms with Gasteiger partial charge in [0.15, 0.2) is 0 Å². The molecule has 1 aliphatic heterocycles. The Labute approximate surface area is 122 Å². The van der Waals surface area contributed by atoms with Crippen LogP contribution in [0.2, 0.25) is 0 Å². The number of anilines is 1. The first-order valence-corrected chi connectivity index (χ1v) is 7.10. The number of aromatic carboxylic acids is 1. The summed E-state index contributed by atoms with van der Waals surface area (Å²) in [4.78, 5) is 24.8. The van der Waals surface area contributed by atoms with Crippen LogP contribution < -0.4 is 5.32 Å². The Hall–Kier alpha value is -2.11. The minimum Gasteiger partial charge on any atom is -0.478 e. The maximum atomic E-state index is 13.8. The second-order valence-electron chi connectivity index (χ2n) is 5.24. The molecule has 2 rings (SSSR count). The number of carbonyl (C=O) groups excluding carboxylic acids is 1. The number of halogens is 1. The fourth-order valence-electron chi connectivity index (χ4n) is 2.56. The first-order valence-electron chi connectivity index (χ1n) is 7.10. The molecule has 1 fully saturated rings. The number of carboxylic acid groups (broad SMARTS) is 1. The highest BCUT2D eigenvalue weighted by Gasteiger charge is 2.24. The average molecular weight is 294 g/mol. The summed E-state index contributed by atoms with van der Waals surface area (Å²) in [5.41, 5.74) is -0.514. The summed E-state index contributed by atoms with van der Waals surface area (Å²) >= 11 is 0. The van der Waals surface area contributed by atoms with Crippen LogP contribution in [0, 0.1) is 11.7 Å². The van der Waals surface area contributed by atoms with E-state index in [0.29, 0.717) is 19.0 Å². The van der Waals surface area contributed by atoms with Crippen molar-refractivity contribution in [3.8, 4) is 0 Å². The number of carbonyl (C=O) groups is 2. The van der Waals surface area contributed by atoms with Gasteiger partial charge in [-0.2, -0.15) is 0 Å². The highest BCUT2D eigenvalue weighted by Crippen LogP contribution is 2.23. The van der Waals surface area contributed by atoms with E-state index in [1.54, 1.807) is 4.90 Å². The molecule has 0 radical (unpaired) electrons. The number of hydrogen-bond acceptors (Lipinski definition) is 2. The van der Waals surface area contributed by atoms with Crippen LogP contribution in [0.5, 0.6) is 0 Å². The first-order chi connectivity index (χ1) is 10.0. The van der Waals surface area contributed by atoms with Crippen molar-refractivity contribution in [1.29, 1.82) is 0 Å². The predicted molar refractivity (Wildman–Crippen MR) is 77.0 cm³/mol. The van der Waals surface area contributed by atoms with Crippen molar-refractivity contribution in [1.82, 2.24) is 4.90 Å². The minimum atomic E-state index is -1.27. The Morgan fingerprint density at radius 1 is 1.38 bits per heavy atom. The van der Waals surface area contributed by atoms with E-state index >= 15 is 0 Å². The normalized spacial score (nSPS) is 15.8. The SMILES string of the molecule is CCC1CCN(C(=O)Nc2c(F)cccc2C(=O)O)CC1. The number of benzene rings is 1.